The van der Waals surface area contributed by atoms with Crippen molar-refractivity contribution >= 4 is 5.91 Å². The van der Waals surface area contributed by atoms with Crippen LogP contribution >= 0.6 is 0 Å². The maximum atomic E-state index is 11.0. The molecule has 0 aliphatic rings. The maximum Gasteiger partial charge on any atom is 0.237 e. The summed E-state index contributed by atoms with van der Waals surface area (Å²) in [5.41, 5.74) is 1.15. The van der Waals surface area contributed by atoms with Gasteiger partial charge in [0.15, 0.2) is 0 Å². The molecule has 0 fully saturated rings. The minimum atomic E-state index is -0.560. The highest BCUT2D eigenvalue weighted by Gasteiger charge is 2.08. The number of nitrogens with one attached hydrogen (secondary N) is 1. The van der Waals surface area contributed by atoms with E-state index in [0.29, 0.717) is 6.54 Å². The summed E-state index contributed by atoms with van der Waals surface area (Å²) in [5, 5.41) is 11.0. The third-order valence-corrected chi connectivity index (χ3v) is 1.37. The zero-order valence-corrected chi connectivity index (χ0v) is 7.72. The van der Waals surface area contributed by atoms with E-state index in [1.807, 2.05) is 26.0 Å². The van der Waals surface area contributed by atoms with Crippen LogP contribution in [0.3, 0.4) is 0 Å². The lowest BCUT2D eigenvalue weighted by Gasteiger charge is -2.02. The monoisotopic (exact) mass is 166 g/mol. The maximum absolute atomic E-state index is 11.0. The molecular weight excluding hydrogens is 152 g/mol. The zero-order chi connectivity index (χ0) is 9.56. The summed E-state index contributed by atoms with van der Waals surface area (Å²) in [4.78, 5) is 11.0. The first-order valence-corrected chi connectivity index (χ1v) is 3.88. The molecule has 0 aromatic carbocycles. The SMILES string of the molecule is CC(C)=CCNC(=O)C(C)C#N. The molecule has 0 radical (unpaired) electrons. The smallest absolute Gasteiger partial charge is 0.237 e. The summed E-state index contributed by atoms with van der Waals surface area (Å²) < 4.78 is 0. The Morgan fingerprint density at radius 1 is 1.67 bits per heavy atom. The molecule has 66 valence electrons. The van der Waals surface area contributed by atoms with Gasteiger partial charge < -0.3 is 5.32 Å². The van der Waals surface area contributed by atoms with Crippen molar-refractivity contribution in [1.29, 1.82) is 5.26 Å². The molecule has 1 amide bonds. The third kappa shape index (κ3) is 4.51. The summed E-state index contributed by atoms with van der Waals surface area (Å²) in [5.74, 6) is -0.773. The van der Waals surface area contributed by atoms with Crippen molar-refractivity contribution in [3.05, 3.63) is 11.6 Å². The van der Waals surface area contributed by atoms with E-state index in [4.69, 9.17) is 5.26 Å². The Kier molecular flexibility index (Phi) is 4.78. The minimum absolute atomic E-state index is 0.213. The normalized spacial score (nSPS) is 11.2. The van der Waals surface area contributed by atoms with Crippen LogP contribution in [0.1, 0.15) is 20.8 Å². The van der Waals surface area contributed by atoms with E-state index in [9.17, 15) is 4.79 Å². The molecule has 1 unspecified atom stereocenters. The van der Waals surface area contributed by atoms with Gasteiger partial charge in [-0.15, -0.1) is 0 Å². The molecule has 0 aromatic rings. The number of carbonyl (C=O) groups is 1. The molecule has 12 heavy (non-hydrogen) atoms. The molecule has 1 N–H and O–H groups in total. The minimum Gasteiger partial charge on any atom is -0.351 e. The number of allylic oxidation sites excluding steroid dienone is 1. The third-order valence-electron chi connectivity index (χ3n) is 1.37. The van der Waals surface area contributed by atoms with E-state index in [2.05, 4.69) is 5.32 Å². The second-order valence-corrected chi connectivity index (χ2v) is 2.88. The molecule has 0 aromatic heterocycles. The second-order valence-electron chi connectivity index (χ2n) is 2.88. The first-order chi connectivity index (χ1) is 5.57. The van der Waals surface area contributed by atoms with Gasteiger partial charge in [-0.3, -0.25) is 4.79 Å². The molecule has 0 bridgehead atoms. The molecule has 0 saturated carbocycles. The van der Waals surface area contributed by atoms with Crippen molar-refractivity contribution in [2.75, 3.05) is 6.54 Å². The van der Waals surface area contributed by atoms with Crippen molar-refractivity contribution in [1.82, 2.24) is 5.32 Å². The number of hydrogen-bond donors (Lipinski definition) is 1. The van der Waals surface area contributed by atoms with E-state index in [1.165, 1.54) is 0 Å². The van der Waals surface area contributed by atoms with Crippen molar-refractivity contribution in [3.63, 3.8) is 0 Å². The Bertz CT molecular complexity index is 221. The Morgan fingerprint density at radius 3 is 2.67 bits per heavy atom. The molecule has 0 rings (SSSR count). The highest BCUT2D eigenvalue weighted by atomic mass is 16.1. The van der Waals surface area contributed by atoms with Crippen LogP contribution in [0.25, 0.3) is 0 Å². The fraction of sp³-hybridized carbons (Fsp3) is 0.556. The van der Waals surface area contributed by atoms with Crippen molar-refractivity contribution in [2.24, 2.45) is 5.92 Å². The van der Waals surface area contributed by atoms with Gasteiger partial charge in [0.1, 0.15) is 5.92 Å². The highest BCUT2D eigenvalue weighted by Crippen LogP contribution is 1.91. The van der Waals surface area contributed by atoms with Crippen molar-refractivity contribution in [3.8, 4) is 6.07 Å². The number of hydrogen-bond acceptors (Lipinski definition) is 2. The number of amides is 1. The predicted octanol–water partition coefficient (Wildman–Crippen LogP) is 1.23. The van der Waals surface area contributed by atoms with Crippen LogP contribution < -0.4 is 5.32 Å². The van der Waals surface area contributed by atoms with Crippen LogP contribution in [0, 0.1) is 17.2 Å². The van der Waals surface area contributed by atoms with Crippen molar-refractivity contribution < 1.29 is 4.79 Å². The van der Waals surface area contributed by atoms with Gasteiger partial charge in [0.2, 0.25) is 5.91 Å². The Morgan fingerprint density at radius 2 is 2.25 bits per heavy atom. The van der Waals surface area contributed by atoms with Gasteiger partial charge >= 0.3 is 0 Å². The molecule has 0 aliphatic carbocycles. The lowest BCUT2D eigenvalue weighted by atomic mass is 10.2. The van der Waals surface area contributed by atoms with Gasteiger partial charge in [-0.25, -0.2) is 0 Å². The van der Waals surface area contributed by atoms with Crippen LogP contribution in [0.5, 0.6) is 0 Å². The number of carbonyl (C=O) groups excluding carboxylic acids is 1. The van der Waals surface area contributed by atoms with E-state index < -0.39 is 5.92 Å². The van der Waals surface area contributed by atoms with Gasteiger partial charge in [-0.1, -0.05) is 11.6 Å². The van der Waals surface area contributed by atoms with E-state index in [-0.39, 0.29) is 5.91 Å². The zero-order valence-electron chi connectivity index (χ0n) is 7.72. The van der Waals surface area contributed by atoms with Crippen LogP contribution in [0.4, 0.5) is 0 Å². The molecule has 0 saturated heterocycles. The van der Waals surface area contributed by atoms with Crippen LogP contribution in [-0.2, 0) is 4.79 Å². The van der Waals surface area contributed by atoms with E-state index in [1.54, 1.807) is 6.92 Å². The summed E-state index contributed by atoms with van der Waals surface area (Å²) in [6.07, 6.45) is 1.90. The van der Waals surface area contributed by atoms with Gasteiger partial charge in [-0.2, -0.15) is 5.26 Å². The molecular formula is C9H14N2O. The van der Waals surface area contributed by atoms with Gasteiger partial charge in [-0.05, 0) is 20.8 Å². The average molecular weight is 166 g/mol. The number of nitriles is 1. The predicted molar refractivity (Wildman–Crippen MR) is 47.2 cm³/mol. The lowest BCUT2D eigenvalue weighted by molar-refractivity contribution is -0.122. The van der Waals surface area contributed by atoms with E-state index >= 15 is 0 Å². The summed E-state index contributed by atoms with van der Waals surface area (Å²) in [6, 6.07) is 1.87. The second kappa shape index (κ2) is 5.36. The lowest BCUT2D eigenvalue weighted by Crippen LogP contribution is -2.28. The summed E-state index contributed by atoms with van der Waals surface area (Å²) >= 11 is 0. The van der Waals surface area contributed by atoms with Gasteiger partial charge in [0, 0.05) is 6.54 Å². The van der Waals surface area contributed by atoms with E-state index in [0.717, 1.165) is 5.57 Å². The molecule has 3 heteroatoms. The van der Waals surface area contributed by atoms with Crippen molar-refractivity contribution in [2.45, 2.75) is 20.8 Å². The fourth-order valence-electron chi connectivity index (χ4n) is 0.567. The summed E-state index contributed by atoms with van der Waals surface area (Å²) in [7, 11) is 0. The topological polar surface area (TPSA) is 52.9 Å². The molecule has 1 atom stereocenters. The standard InChI is InChI=1S/C9H14N2O/c1-7(2)4-5-11-9(12)8(3)6-10/h4,8H,5H2,1-3H3,(H,11,12). The quantitative estimate of drug-likeness (QED) is 0.641. The van der Waals surface area contributed by atoms with Gasteiger partial charge in [0.25, 0.3) is 0 Å². The highest BCUT2D eigenvalue weighted by molar-refractivity contribution is 5.80. The molecule has 3 nitrogen and oxygen atoms in total. The van der Waals surface area contributed by atoms with Crippen LogP contribution in [-0.4, -0.2) is 12.5 Å². The number of rotatable bonds is 3. The fourth-order valence-corrected chi connectivity index (χ4v) is 0.567. The Labute approximate surface area is 73.1 Å². The average Bonchev–Trinajstić information content (AvgIpc) is 2.02. The van der Waals surface area contributed by atoms with Crippen LogP contribution in [0.15, 0.2) is 11.6 Å². The summed E-state index contributed by atoms with van der Waals surface area (Å²) in [6.45, 7) is 6.00. The molecule has 0 heterocycles. The first-order valence-electron chi connectivity index (χ1n) is 3.88. The van der Waals surface area contributed by atoms with Crippen LogP contribution in [0.2, 0.25) is 0 Å². The van der Waals surface area contributed by atoms with Gasteiger partial charge in [0.05, 0.1) is 6.07 Å². The molecule has 0 spiro atoms. The largest absolute Gasteiger partial charge is 0.351 e. The Hall–Kier alpha value is -1.30. The number of nitrogens with zero attached hydrogens (tertiary/aromatic N) is 1. The first kappa shape index (κ1) is 10.7. The molecule has 0 aliphatic heterocycles. The Balaban J connectivity index is 3.74.